The van der Waals surface area contributed by atoms with Gasteiger partial charge in [0.05, 0.1) is 6.54 Å². The van der Waals surface area contributed by atoms with Crippen molar-refractivity contribution in [1.29, 1.82) is 0 Å². The SMILES string of the molecule is C=CC(=O)N1CC1(CC)C(F)(F)C(F)(F)C(F)(F)C(F)(F)C(F)(F)C(F)(F)F. The van der Waals surface area contributed by atoms with Gasteiger partial charge in [-0.25, -0.2) is 0 Å². The predicted octanol–water partition coefficient (Wildman–Crippen LogP) is 4.90. The Labute approximate surface area is 147 Å². The van der Waals surface area contributed by atoms with Gasteiger partial charge < -0.3 is 4.90 Å². The molecule has 0 N–H and O–H groups in total. The number of hydrogen-bond donors (Lipinski definition) is 0. The first kappa shape index (κ1) is 24.3. The average Bonchev–Trinajstić information content (AvgIpc) is 3.28. The van der Waals surface area contributed by atoms with Gasteiger partial charge in [-0.15, -0.1) is 0 Å². The van der Waals surface area contributed by atoms with Crippen molar-refractivity contribution in [1.82, 2.24) is 4.90 Å². The van der Waals surface area contributed by atoms with E-state index < -0.39 is 60.2 Å². The summed E-state index contributed by atoms with van der Waals surface area (Å²) in [6, 6.07) is 0. The Morgan fingerprint density at radius 3 is 1.57 bits per heavy atom. The van der Waals surface area contributed by atoms with Crippen LogP contribution in [0.15, 0.2) is 12.7 Å². The van der Waals surface area contributed by atoms with Crippen LogP contribution in [0, 0.1) is 0 Å². The number of amides is 1. The van der Waals surface area contributed by atoms with Crippen LogP contribution >= 0.6 is 0 Å². The lowest BCUT2D eigenvalue weighted by Gasteiger charge is -2.41. The summed E-state index contributed by atoms with van der Waals surface area (Å²) < 4.78 is 171. The van der Waals surface area contributed by atoms with Gasteiger partial charge in [0.2, 0.25) is 5.91 Å². The lowest BCUT2D eigenvalue weighted by molar-refractivity contribution is -0.442. The fourth-order valence-electron chi connectivity index (χ4n) is 2.48. The molecule has 0 aromatic heterocycles. The minimum Gasteiger partial charge on any atom is -0.323 e. The molecule has 0 spiro atoms. The maximum atomic E-state index is 14.2. The Morgan fingerprint density at radius 1 is 0.857 bits per heavy atom. The molecule has 0 radical (unpaired) electrons. The molecule has 2 nitrogen and oxygen atoms in total. The molecule has 1 saturated heterocycles. The number of rotatable bonds is 7. The van der Waals surface area contributed by atoms with E-state index in [-0.39, 0.29) is 11.0 Å². The van der Waals surface area contributed by atoms with Crippen LogP contribution in [-0.2, 0) is 4.79 Å². The number of hydrogen-bond acceptors (Lipinski definition) is 1. The Morgan fingerprint density at radius 2 is 1.25 bits per heavy atom. The molecular weight excluding hydrogens is 433 g/mol. The first-order chi connectivity index (χ1) is 12.1. The third-order valence-corrected chi connectivity index (χ3v) is 4.38. The number of alkyl halides is 13. The maximum absolute atomic E-state index is 14.2. The van der Waals surface area contributed by atoms with Crippen LogP contribution in [0.25, 0.3) is 0 Å². The highest BCUT2D eigenvalue weighted by atomic mass is 19.4. The number of carbonyl (C=O) groups excluding carboxylic acids is 1. The smallest absolute Gasteiger partial charge is 0.323 e. The van der Waals surface area contributed by atoms with Gasteiger partial charge in [0, 0.05) is 0 Å². The van der Waals surface area contributed by atoms with Gasteiger partial charge in [0.15, 0.2) is 0 Å². The van der Waals surface area contributed by atoms with Crippen LogP contribution < -0.4 is 0 Å². The van der Waals surface area contributed by atoms with Crippen LogP contribution in [0.2, 0.25) is 0 Å². The normalized spacial score (nSPS) is 22.3. The molecule has 1 amide bonds. The molecule has 0 aliphatic carbocycles. The molecule has 164 valence electrons. The zero-order chi connectivity index (χ0) is 22.8. The molecule has 0 saturated carbocycles. The van der Waals surface area contributed by atoms with Crippen molar-refractivity contribution in [2.45, 2.75) is 54.7 Å². The van der Waals surface area contributed by atoms with Gasteiger partial charge in [0.25, 0.3) is 0 Å². The van der Waals surface area contributed by atoms with E-state index in [4.69, 9.17) is 0 Å². The number of nitrogens with zero attached hydrogens (tertiary/aromatic N) is 1. The number of halogens is 13. The highest BCUT2D eigenvalue weighted by Crippen LogP contribution is 2.64. The summed E-state index contributed by atoms with van der Waals surface area (Å²) in [6.07, 6.45) is -8.42. The van der Waals surface area contributed by atoms with Crippen LogP contribution in [0.3, 0.4) is 0 Å². The predicted molar refractivity (Wildman–Crippen MR) is 65.7 cm³/mol. The van der Waals surface area contributed by atoms with E-state index in [9.17, 15) is 61.9 Å². The molecule has 1 heterocycles. The number of carbonyl (C=O) groups is 1. The third-order valence-electron chi connectivity index (χ3n) is 4.38. The minimum absolute atomic E-state index is 0.177. The minimum atomic E-state index is -7.96. The molecule has 0 aromatic rings. The summed E-state index contributed by atoms with van der Waals surface area (Å²) in [7, 11) is 0. The van der Waals surface area contributed by atoms with E-state index in [0.29, 0.717) is 6.92 Å². The molecule has 0 bridgehead atoms. The van der Waals surface area contributed by atoms with Crippen molar-refractivity contribution >= 4 is 5.91 Å². The molecule has 1 aliphatic rings. The van der Waals surface area contributed by atoms with Crippen molar-refractivity contribution in [3.63, 3.8) is 0 Å². The van der Waals surface area contributed by atoms with Crippen molar-refractivity contribution in [3.05, 3.63) is 12.7 Å². The second-order valence-electron chi connectivity index (χ2n) is 5.88. The van der Waals surface area contributed by atoms with Crippen LogP contribution in [0.1, 0.15) is 13.3 Å². The lowest BCUT2D eigenvalue weighted by Crippen LogP contribution is -2.72. The molecule has 1 aliphatic heterocycles. The van der Waals surface area contributed by atoms with E-state index in [0.717, 1.165) is 0 Å². The lowest BCUT2D eigenvalue weighted by atomic mass is 9.85. The summed E-state index contributed by atoms with van der Waals surface area (Å²) in [5.41, 5.74) is -3.52. The van der Waals surface area contributed by atoms with Gasteiger partial charge in [-0.05, 0) is 12.5 Å². The first-order valence-corrected chi connectivity index (χ1v) is 7.04. The van der Waals surface area contributed by atoms with Gasteiger partial charge in [0.1, 0.15) is 5.54 Å². The van der Waals surface area contributed by atoms with Crippen LogP contribution in [0.5, 0.6) is 0 Å². The monoisotopic (exact) mass is 443 g/mol. The van der Waals surface area contributed by atoms with Gasteiger partial charge in [-0.1, -0.05) is 13.5 Å². The first-order valence-electron chi connectivity index (χ1n) is 7.04. The largest absolute Gasteiger partial charge is 0.460 e. The molecule has 1 atom stereocenters. The molecule has 1 rings (SSSR count). The van der Waals surface area contributed by atoms with E-state index in [1.54, 1.807) is 0 Å². The average molecular weight is 443 g/mol. The molecule has 1 fully saturated rings. The van der Waals surface area contributed by atoms with Gasteiger partial charge >= 0.3 is 35.8 Å². The third kappa shape index (κ3) is 2.67. The summed E-state index contributed by atoms with van der Waals surface area (Å²) in [6.45, 7) is 2.07. The van der Waals surface area contributed by atoms with E-state index in [1.807, 2.05) is 0 Å². The van der Waals surface area contributed by atoms with Crippen LogP contribution in [0.4, 0.5) is 57.1 Å². The molecule has 0 aromatic carbocycles. The zero-order valence-electron chi connectivity index (χ0n) is 13.5. The molecular formula is C13H10F13NO. The summed E-state index contributed by atoms with van der Waals surface area (Å²) in [4.78, 5) is 11.1. The highest BCUT2D eigenvalue weighted by molar-refractivity contribution is 5.90. The van der Waals surface area contributed by atoms with Crippen molar-refractivity contribution in [3.8, 4) is 0 Å². The fourth-order valence-corrected chi connectivity index (χ4v) is 2.48. The fraction of sp³-hybridized carbons (Fsp3) is 0.769. The van der Waals surface area contributed by atoms with Crippen molar-refractivity contribution in [2.24, 2.45) is 0 Å². The van der Waals surface area contributed by atoms with Gasteiger partial charge in [-0.3, -0.25) is 4.79 Å². The summed E-state index contributed by atoms with van der Waals surface area (Å²) in [5, 5.41) is 0. The van der Waals surface area contributed by atoms with E-state index >= 15 is 0 Å². The molecule has 15 heteroatoms. The van der Waals surface area contributed by atoms with Crippen molar-refractivity contribution < 1.29 is 61.9 Å². The summed E-state index contributed by atoms with van der Waals surface area (Å²) in [5.74, 6) is -38.8. The van der Waals surface area contributed by atoms with E-state index in [1.165, 1.54) is 0 Å². The Hall–Kier alpha value is -1.70. The standard InChI is InChI=1S/C13H10F13NO/c1-3-6(28)27-5-7(27,4-2)8(14,15)9(16,17)10(18,19)11(20,21)12(22,23)13(24,25)26/h3H,1,4-5H2,2H3. The highest BCUT2D eigenvalue weighted by Gasteiger charge is 2.94. The molecule has 28 heavy (non-hydrogen) atoms. The Kier molecular flexibility index (Phi) is 5.34. The Balaban J connectivity index is 3.55. The van der Waals surface area contributed by atoms with Crippen molar-refractivity contribution in [2.75, 3.05) is 6.54 Å². The maximum Gasteiger partial charge on any atom is 0.460 e. The zero-order valence-corrected chi connectivity index (χ0v) is 13.5. The summed E-state index contributed by atoms with van der Waals surface area (Å²) >= 11 is 0. The van der Waals surface area contributed by atoms with E-state index in [2.05, 4.69) is 6.58 Å². The Bertz CT molecular complexity index is 653. The second kappa shape index (κ2) is 6.15. The molecule has 1 unspecified atom stereocenters. The quantitative estimate of drug-likeness (QED) is 0.312. The topological polar surface area (TPSA) is 20.1 Å². The second-order valence-corrected chi connectivity index (χ2v) is 5.88. The van der Waals surface area contributed by atoms with Crippen LogP contribution in [-0.4, -0.2) is 58.7 Å². The van der Waals surface area contributed by atoms with Gasteiger partial charge in [-0.2, -0.15) is 57.1 Å².